The molecule has 0 aliphatic heterocycles. The first kappa shape index (κ1) is 25.0. The number of carbonyl (C=O) groups excluding carboxylic acids is 1. The van der Waals surface area contributed by atoms with Gasteiger partial charge in [0.2, 0.25) is 5.75 Å². The molecule has 0 spiro atoms. The van der Waals surface area contributed by atoms with Crippen molar-refractivity contribution < 1.29 is 19.0 Å². The summed E-state index contributed by atoms with van der Waals surface area (Å²) >= 11 is 6.35. The normalized spacial score (nSPS) is 10.8. The first-order valence-corrected chi connectivity index (χ1v) is 11.9. The van der Waals surface area contributed by atoms with E-state index in [0.29, 0.717) is 51.4 Å². The van der Waals surface area contributed by atoms with Gasteiger partial charge in [0.05, 0.1) is 33.3 Å². The van der Waals surface area contributed by atoms with Gasteiger partial charge in [-0.1, -0.05) is 35.9 Å². The third-order valence-electron chi connectivity index (χ3n) is 5.77. The van der Waals surface area contributed by atoms with Crippen LogP contribution in [0.5, 0.6) is 17.2 Å². The zero-order valence-corrected chi connectivity index (χ0v) is 21.6. The van der Waals surface area contributed by atoms with Gasteiger partial charge in [0, 0.05) is 23.0 Å². The van der Waals surface area contributed by atoms with Crippen LogP contribution in [0.15, 0.2) is 67.0 Å². The molecule has 0 radical (unpaired) electrons. The van der Waals surface area contributed by atoms with Gasteiger partial charge < -0.3 is 19.5 Å². The first-order chi connectivity index (χ1) is 18.5. The average Bonchev–Trinajstić information content (AvgIpc) is 3.36. The van der Waals surface area contributed by atoms with Crippen molar-refractivity contribution in [3.05, 3.63) is 83.1 Å². The molecule has 10 nitrogen and oxygen atoms in total. The van der Waals surface area contributed by atoms with Crippen molar-refractivity contribution in [3.8, 4) is 28.8 Å². The smallest absolute Gasteiger partial charge is 0.257 e. The summed E-state index contributed by atoms with van der Waals surface area (Å²) in [5, 5.41) is 8.70. The molecular formula is C27H23ClN6O4. The SMILES string of the molecule is COc1cc(C(=O)Nc2nc(-c3ccccn3)nc3nn(Cc4ccccc4Cl)cc23)cc(OC)c1OC. The number of amides is 1. The van der Waals surface area contributed by atoms with Gasteiger partial charge >= 0.3 is 0 Å². The molecule has 0 saturated carbocycles. The van der Waals surface area contributed by atoms with Crippen molar-refractivity contribution in [2.45, 2.75) is 6.54 Å². The standard InChI is InChI=1S/C27H23ClN6O4/c1-36-21-12-17(13-22(37-2)23(21)38-3)27(35)32-24-18-15-34(14-16-8-4-5-9-19(16)28)33-25(18)31-26(30-24)20-10-6-7-11-29-20/h4-13,15H,14H2,1-3H3,(H,30,31,32,33,35). The van der Waals surface area contributed by atoms with Crippen LogP contribution >= 0.6 is 11.6 Å². The van der Waals surface area contributed by atoms with Crippen LogP contribution in [0.3, 0.4) is 0 Å². The number of rotatable bonds is 8. The predicted molar refractivity (Wildman–Crippen MR) is 143 cm³/mol. The Morgan fingerprint density at radius 2 is 1.71 bits per heavy atom. The Morgan fingerprint density at radius 1 is 0.974 bits per heavy atom. The van der Waals surface area contributed by atoms with E-state index in [2.05, 4.69) is 25.4 Å². The second-order valence-corrected chi connectivity index (χ2v) is 8.54. The molecule has 38 heavy (non-hydrogen) atoms. The van der Waals surface area contributed by atoms with Gasteiger partial charge in [-0.2, -0.15) is 5.10 Å². The fraction of sp³-hybridized carbons (Fsp3) is 0.148. The van der Waals surface area contributed by atoms with E-state index >= 15 is 0 Å². The maximum Gasteiger partial charge on any atom is 0.257 e. The molecule has 0 atom stereocenters. The van der Waals surface area contributed by atoms with Crippen LogP contribution in [-0.4, -0.2) is 52.0 Å². The third kappa shape index (κ3) is 4.94. The Morgan fingerprint density at radius 3 is 2.37 bits per heavy atom. The fourth-order valence-corrected chi connectivity index (χ4v) is 4.13. The number of anilines is 1. The number of nitrogens with zero attached hydrogens (tertiary/aromatic N) is 5. The van der Waals surface area contributed by atoms with E-state index in [1.54, 1.807) is 41.3 Å². The first-order valence-electron chi connectivity index (χ1n) is 11.5. The molecule has 1 amide bonds. The maximum absolute atomic E-state index is 13.4. The molecular weight excluding hydrogens is 508 g/mol. The number of methoxy groups -OCH3 is 3. The fourth-order valence-electron chi connectivity index (χ4n) is 3.93. The number of carbonyl (C=O) groups is 1. The summed E-state index contributed by atoms with van der Waals surface area (Å²) in [7, 11) is 4.47. The summed E-state index contributed by atoms with van der Waals surface area (Å²) in [6.45, 7) is 0.412. The molecule has 5 rings (SSSR count). The van der Waals surface area contributed by atoms with Gasteiger partial charge in [-0.15, -0.1) is 0 Å². The Bertz CT molecular complexity index is 1600. The number of hydrogen-bond acceptors (Lipinski definition) is 8. The molecule has 0 fully saturated rings. The van der Waals surface area contributed by atoms with Crippen molar-refractivity contribution in [2.75, 3.05) is 26.6 Å². The summed E-state index contributed by atoms with van der Waals surface area (Å²) in [5.74, 6) is 1.25. The zero-order chi connectivity index (χ0) is 26.6. The minimum absolute atomic E-state index is 0.278. The molecule has 0 aliphatic carbocycles. The van der Waals surface area contributed by atoms with Crippen LogP contribution in [0.4, 0.5) is 5.82 Å². The van der Waals surface area contributed by atoms with Crippen LogP contribution in [-0.2, 0) is 6.54 Å². The summed E-state index contributed by atoms with van der Waals surface area (Å²) in [5.41, 5.74) is 2.11. The van der Waals surface area contributed by atoms with Gasteiger partial charge in [0.25, 0.3) is 5.91 Å². The van der Waals surface area contributed by atoms with Crippen LogP contribution < -0.4 is 19.5 Å². The van der Waals surface area contributed by atoms with Crippen molar-refractivity contribution in [2.24, 2.45) is 0 Å². The second kappa shape index (κ2) is 10.7. The second-order valence-electron chi connectivity index (χ2n) is 8.13. The van der Waals surface area contributed by atoms with E-state index in [4.69, 9.17) is 25.8 Å². The molecule has 0 bridgehead atoms. The molecule has 3 heterocycles. The monoisotopic (exact) mass is 530 g/mol. The molecule has 3 aromatic heterocycles. The highest BCUT2D eigenvalue weighted by Crippen LogP contribution is 2.38. The predicted octanol–water partition coefficient (Wildman–Crippen LogP) is 4.87. The number of pyridine rings is 1. The van der Waals surface area contributed by atoms with Gasteiger partial charge in [-0.3, -0.25) is 14.5 Å². The number of benzene rings is 2. The molecule has 0 aliphatic rings. The third-order valence-corrected chi connectivity index (χ3v) is 6.14. The Labute approximate surface area is 223 Å². The highest BCUT2D eigenvalue weighted by molar-refractivity contribution is 6.31. The Hall–Kier alpha value is -4.70. The number of fused-ring (bicyclic) bond motifs is 1. The molecule has 2 aromatic carbocycles. The number of aromatic nitrogens is 5. The van der Waals surface area contributed by atoms with Gasteiger partial charge in [-0.05, 0) is 35.9 Å². The molecule has 192 valence electrons. The van der Waals surface area contributed by atoms with E-state index in [9.17, 15) is 4.79 Å². The Kier molecular flexibility index (Phi) is 7.05. The van der Waals surface area contributed by atoms with E-state index in [-0.39, 0.29) is 11.4 Å². The number of hydrogen-bond donors (Lipinski definition) is 1. The molecule has 0 saturated heterocycles. The van der Waals surface area contributed by atoms with E-state index in [1.807, 2.05) is 30.3 Å². The number of ether oxygens (including phenoxy) is 3. The number of halogens is 1. The van der Waals surface area contributed by atoms with Crippen molar-refractivity contribution in [3.63, 3.8) is 0 Å². The average molecular weight is 531 g/mol. The van der Waals surface area contributed by atoms with E-state index in [1.165, 1.54) is 21.3 Å². The highest BCUT2D eigenvalue weighted by Gasteiger charge is 2.20. The van der Waals surface area contributed by atoms with Crippen LogP contribution in [0, 0.1) is 0 Å². The number of nitrogens with one attached hydrogen (secondary N) is 1. The van der Waals surface area contributed by atoms with Crippen LogP contribution in [0.2, 0.25) is 5.02 Å². The van der Waals surface area contributed by atoms with Crippen LogP contribution in [0.25, 0.3) is 22.6 Å². The summed E-state index contributed by atoms with van der Waals surface area (Å²) < 4.78 is 17.9. The lowest BCUT2D eigenvalue weighted by Gasteiger charge is -2.14. The highest BCUT2D eigenvalue weighted by atomic mass is 35.5. The minimum Gasteiger partial charge on any atom is -0.493 e. The molecule has 1 N–H and O–H groups in total. The van der Waals surface area contributed by atoms with Gasteiger partial charge in [0.15, 0.2) is 23.0 Å². The quantitative estimate of drug-likeness (QED) is 0.302. The summed E-state index contributed by atoms with van der Waals surface area (Å²) in [4.78, 5) is 27.0. The minimum atomic E-state index is -0.435. The summed E-state index contributed by atoms with van der Waals surface area (Å²) in [6, 6.07) is 16.1. The molecule has 5 aromatic rings. The zero-order valence-electron chi connectivity index (χ0n) is 20.8. The van der Waals surface area contributed by atoms with Gasteiger partial charge in [-0.25, -0.2) is 9.97 Å². The van der Waals surface area contributed by atoms with Crippen molar-refractivity contribution in [1.29, 1.82) is 0 Å². The topological polar surface area (TPSA) is 113 Å². The molecule has 11 heteroatoms. The summed E-state index contributed by atoms with van der Waals surface area (Å²) in [6.07, 6.45) is 3.42. The van der Waals surface area contributed by atoms with E-state index in [0.717, 1.165) is 5.56 Å². The Balaban J connectivity index is 1.57. The van der Waals surface area contributed by atoms with Gasteiger partial charge in [0.1, 0.15) is 11.5 Å². The lowest BCUT2D eigenvalue weighted by atomic mass is 10.1. The largest absolute Gasteiger partial charge is 0.493 e. The van der Waals surface area contributed by atoms with Crippen molar-refractivity contribution in [1.82, 2.24) is 24.7 Å². The lowest BCUT2D eigenvalue weighted by molar-refractivity contribution is 0.102. The van der Waals surface area contributed by atoms with Crippen LogP contribution in [0.1, 0.15) is 15.9 Å². The van der Waals surface area contributed by atoms with Crippen molar-refractivity contribution >= 4 is 34.4 Å². The van der Waals surface area contributed by atoms with E-state index < -0.39 is 5.91 Å². The molecule has 0 unspecified atom stereocenters. The maximum atomic E-state index is 13.4. The lowest BCUT2D eigenvalue weighted by Crippen LogP contribution is -2.14.